The quantitative estimate of drug-likeness (QED) is 0.847. The Morgan fingerprint density at radius 2 is 2.04 bits per heavy atom. The van der Waals surface area contributed by atoms with Crippen molar-refractivity contribution in [3.05, 3.63) is 51.7 Å². The number of hydrogen-bond acceptors (Lipinski definition) is 4. The molecule has 0 spiro atoms. The van der Waals surface area contributed by atoms with Gasteiger partial charge in [-0.05, 0) is 49.6 Å². The molecule has 1 aromatic heterocycles. The van der Waals surface area contributed by atoms with Gasteiger partial charge in [-0.3, -0.25) is 4.79 Å². The summed E-state index contributed by atoms with van der Waals surface area (Å²) in [7, 11) is 0. The Morgan fingerprint density at radius 3 is 2.71 bits per heavy atom. The van der Waals surface area contributed by atoms with E-state index in [0.717, 1.165) is 39.0 Å². The van der Waals surface area contributed by atoms with Crippen molar-refractivity contribution in [3.63, 3.8) is 0 Å². The molecule has 3 rings (SSSR count). The molecule has 1 aliphatic rings. The molecule has 0 saturated carbocycles. The van der Waals surface area contributed by atoms with Crippen LogP contribution < -0.4 is 16.0 Å². The van der Waals surface area contributed by atoms with Crippen molar-refractivity contribution in [2.24, 2.45) is 11.7 Å². The van der Waals surface area contributed by atoms with Gasteiger partial charge in [0.1, 0.15) is 0 Å². The average Bonchev–Trinajstić information content (AvgIpc) is 3.01. The van der Waals surface area contributed by atoms with E-state index >= 15 is 0 Å². The van der Waals surface area contributed by atoms with Gasteiger partial charge in [-0.25, -0.2) is 0 Å². The predicted octanol–water partition coefficient (Wildman–Crippen LogP) is 3.05. The van der Waals surface area contributed by atoms with Crippen LogP contribution in [0.4, 0.5) is 5.69 Å². The molecule has 1 fully saturated rings. The summed E-state index contributed by atoms with van der Waals surface area (Å²) in [5.74, 6) is -0.196. The van der Waals surface area contributed by atoms with Crippen molar-refractivity contribution in [3.8, 4) is 0 Å². The summed E-state index contributed by atoms with van der Waals surface area (Å²) in [5.41, 5.74) is 7.92. The molecule has 128 valence electrons. The third-order valence-corrected chi connectivity index (χ3v) is 5.55. The fraction of sp³-hybridized carbons (Fsp3) is 0.421. The van der Waals surface area contributed by atoms with Crippen LogP contribution in [-0.4, -0.2) is 19.0 Å². The second-order valence-corrected chi connectivity index (χ2v) is 7.84. The molecule has 1 amide bonds. The number of thiophene rings is 1. The van der Waals surface area contributed by atoms with E-state index in [1.807, 2.05) is 11.3 Å². The van der Waals surface area contributed by atoms with Crippen LogP contribution >= 0.6 is 11.3 Å². The smallest absolute Gasteiger partial charge is 0.222 e. The Balaban J connectivity index is 1.52. The van der Waals surface area contributed by atoms with Crippen molar-refractivity contribution in [2.75, 3.05) is 18.0 Å². The van der Waals surface area contributed by atoms with Crippen LogP contribution in [0.2, 0.25) is 0 Å². The maximum Gasteiger partial charge on any atom is 0.222 e. The first-order valence-electron chi connectivity index (χ1n) is 8.51. The van der Waals surface area contributed by atoms with Crippen molar-refractivity contribution in [1.29, 1.82) is 0 Å². The Labute approximate surface area is 147 Å². The van der Waals surface area contributed by atoms with Gasteiger partial charge in [0.2, 0.25) is 5.91 Å². The third kappa shape index (κ3) is 4.36. The van der Waals surface area contributed by atoms with E-state index in [1.165, 1.54) is 21.0 Å². The molecule has 1 aromatic carbocycles. The molecular weight excluding hydrogens is 318 g/mol. The zero-order valence-electron chi connectivity index (χ0n) is 14.1. The van der Waals surface area contributed by atoms with E-state index in [0.29, 0.717) is 0 Å². The van der Waals surface area contributed by atoms with Crippen LogP contribution in [0.3, 0.4) is 0 Å². The Bertz CT molecular complexity index is 680. The lowest BCUT2D eigenvalue weighted by molar-refractivity contribution is -0.122. The number of anilines is 1. The number of hydrogen-bond donors (Lipinski definition) is 2. The minimum absolute atomic E-state index is 0.0191. The molecule has 3 N–H and O–H groups in total. The molecule has 0 aliphatic carbocycles. The largest absolute Gasteiger partial charge is 0.371 e. The lowest BCUT2D eigenvalue weighted by Gasteiger charge is -2.33. The minimum atomic E-state index is -0.177. The first-order valence-corrected chi connectivity index (χ1v) is 9.33. The highest BCUT2D eigenvalue weighted by Gasteiger charge is 2.23. The van der Waals surface area contributed by atoms with Gasteiger partial charge in [0.05, 0.1) is 5.92 Å². The number of nitrogens with one attached hydrogen (secondary N) is 1. The zero-order chi connectivity index (χ0) is 16.9. The SMILES string of the molecule is Cc1ccc(CNCc2ccc(N3CCC[C@@H](C(N)=O)C3)cc2)s1. The lowest BCUT2D eigenvalue weighted by Crippen LogP contribution is -2.41. The van der Waals surface area contributed by atoms with Gasteiger partial charge in [-0.2, -0.15) is 0 Å². The van der Waals surface area contributed by atoms with Crippen LogP contribution in [-0.2, 0) is 17.9 Å². The molecule has 24 heavy (non-hydrogen) atoms. The first kappa shape index (κ1) is 17.0. The second kappa shape index (κ2) is 7.81. The highest BCUT2D eigenvalue weighted by molar-refractivity contribution is 7.11. The molecule has 5 heteroatoms. The maximum absolute atomic E-state index is 11.4. The number of carbonyl (C=O) groups is 1. The van der Waals surface area contributed by atoms with Crippen molar-refractivity contribution < 1.29 is 4.79 Å². The van der Waals surface area contributed by atoms with Gasteiger partial charge in [0, 0.05) is 41.6 Å². The van der Waals surface area contributed by atoms with Crippen LogP contribution in [0.25, 0.3) is 0 Å². The van der Waals surface area contributed by atoms with E-state index in [9.17, 15) is 4.79 Å². The first-order chi connectivity index (χ1) is 11.6. The summed E-state index contributed by atoms with van der Waals surface area (Å²) >= 11 is 1.84. The van der Waals surface area contributed by atoms with Gasteiger partial charge >= 0.3 is 0 Å². The van der Waals surface area contributed by atoms with Gasteiger partial charge in [0.25, 0.3) is 0 Å². The Kier molecular flexibility index (Phi) is 5.53. The molecule has 1 saturated heterocycles. The predicted molar refractivity (Wildman–Crippen MR) is 100 cm³/mol. The molecule has 1 atom stereocenters. The monoisotopic (exact) mass is 343 g/mol. The number of benzene rings is 1. The van der Waals surface area contributed by atoms with Crippen molar-refractivity contribution >= 4 is 22.9 Å². The lowest BCUT2D eigenvalue weighted by atomic mass is 9.97. The van der Waals surface area contributed by atoms with Crippen LogP contribution in [0.5, 0.6) is 0 Å². The van der Waals surface area contributed by atoms with Crippen LogP contribution in [0.15, 0.2) is 36.4 Å². The molecular formula is C19H25N3OS. The molecule has 0 bridgehead atoms. The Morgan fingerprint density at radius 1 is 1.25 bits per heavy atom. The third-order valence-electron chi connectivity index (χ3n) is 4.55. The molecule has 1 aliphatic heterocycles. The zero-order valence-corrected chi connectivity index (χ0v) is 14.9. The molecule has 2 heterocycles. The molecule has 0 radical (unpaired) electrons. The summed E-state index contributed by atoms with van der Waals surface area (Å²) in [6, 6.07) is 13.0. The highest BCUT2D eigenvalue weighted by atomic mass is 32.1. The average molecular weight is 343 g/mol. The number of aryl methyl sites for hydroxylation is 1. The highest BCUT2D eigenvalue weighted by Crippen LogP contribution is 2.23. The standard InChI is InChI=1S/C19H25N3OS/c1-14-4-9-18(24-14)12-21-11-15-5-7-17(8-6-15)22-10-2-3-16(13-22)19(20)23/h4-9,16,21H,2-3,10-13H2,1H3,(H2,20,23)/t16-/m1/s1. The van der Waals surface area contributed by atoms with Gasteiger partial charge in [-0.15, -0.1) is 11.3 Å². The van der Waals surface area contributed by atoms with Crippen molar-refractivity contribution in [2.45, 2.75) is 32.9 Å². The Hall–Kier alpha value is -1.85. The number of nitrogens with zero attached hydrogens (tertiary/aromatic N) is 1. The minimum Gasteiger partial charge on any atom is -0.371 e. The molecule has 0 unspecified atom stereocenters. The summed E-state index contributed by atoms with van der Waals surface area (Å²) < 4.78 is 0. The second-order valence-electron chi connectivity index (χ2n) is 6.47. The number of rotatable bonds is 6. The summed E-state index contributed by atoms with van der Waals surface area (Å²) in [5, 5.41) is 3.49. The maximum atomic E-state index is 11.4. The number of amides is 1. The van der Waals surface area contributed by atoms with E-state index < -0.39 is 0 Å². The van der Waals surface area contributed by atoms with Gasteiger partial charge in [-0.1, -0.05) is 12.1 Å². The molecule has 2 aromatic rings. The summed E-state index contributed by atoms with van der Waals surface area (Å²) in [4.78, 5) is 16.4. The van der Waals surface area contributed by atoms with Gasteiger partial charge < -0.3 is 16.0 Å². The summed E-state index contributed by atoms with van der Waals surface area (Å²) in [6.07, 6.45) is 1.94. The number of carbonyl (C=O) groups excluding carboxylic acids is 1. The van der Waals surface area contributed by atoms with Crippen LogP contribution in [0, 0.1) is 12.8 Å². The normalized spacial score (nSPS) is 17.9. The summed E-state index contributed by atoms with van der Waals surface area (Å²) in [6.45, 7) is 5.65. The fourth-order valence-corrected chi connectivity index (χ4v) is 4.04. The van der Waals surface area contributed by atoms with E-state index in [2.05, 4.69) is 53.5 Å². The van der Waals surface area contributed by atoms with Crippen LogP contribution in [0.1, 0.15) is 28.2 Å². The molecule has 4 nitrogen and oxygen atoms in total. The van der Waals surface area contributed by atoms with E-state index in [1.54, 1.807) is 0 Å². The number of nitrogens with two attached hydrogens (primary N) is 1. The van der Waals surface area contributed by atoms with E-state index in [4.69, 9.17) is 5.73 Å². The fourth-order valence-electron chi connectivity index (χ4n) is 3.18. The topological polar surface area (TPSA) is 58.4 Å². The number of piperidine rings is 1. The van der Waals surface area contributed by atoms with Gasteiger partial charge in [0.15, 0.2) is 0 Å². The number of primary amides is 1. The van der Waals surface area contributed by atoms with Crippen molar-refractivity contribution in [1.82, 2.24) is 5.32 Å². The van der Waals surface area contributed by atoms with E-state index in [-0.39, 0.29) is 11.8 Å².